The molecule has 0 bridgehead atoms. The molecule has 0 aliphatic rings. The van der Waals surface area contributed by atoms with E-state index in [2.05, 4.69) is 44.7 Å². The van der Waals surface area contributed by atoms with Crippen molar-refractivity contribution in [2.24, 2.45) is 0 Å². The molecule has 0 fully saturated rings. The average molecular weight is 537 g/mol. The van der Waals surface area contributed by atoms with Crippen molar-refractivity contribution in [3.63, 3.8) is 0 Å². The molecule has 0 N–H and O–H groups in total. The molecule has 0 saturated carbocycles. The van der Waals surface area contributed by atoms with Crippen molar-refractivity contribution in [3.05, 3.63) is 70.3 Å². The van der Waals surface area contributed by atoms with Gasteiger partial charge in [-0.1, -0.05) is 17.7 Å². The second kappa shape index (κ2) is 9.51. The number of rotatable bonds is 7. The van der Waals surface area contributed by atoms with E-state index < -0.39 is 10.0 Å². The Labute approximate surface area is 202 Å². The Morgan fingerprint density at radius 3 is 2.69 bits per heavy atom. The van der Waals surface area contributed by atoms with Gasteiger partial charge in [0.25, 0.3) is 0 Å². The summed E-state index contributed by atoms with van der Waals surface area (Å²) in [7, 11) is -0.652. The molecule has 0 unspecified atom stereocenters. The van der Waals surface area contributed by atoms with Crippen LogP contribution in [0, 0.1) is 5.82 Å². The first-order chi connectivity index (χ1) is 15.2. The Kier molecular flexibility index (Phi) is 6.91. The van der Waals surface area contributed by atoms with Crippen molar-refractivity contribution in [3.8, 4) is 22.5 Å². The van der Waals surface area contributed by atoms with Crippen LogP contribution in [0.25, 0.3) is 33.4 Å². The molecule has 4 rings (SSSR count). The lowest BCUT2D eigenvalue weighted by molar-refractivity contribution is 0.0906. The van der Waals surface area contributed by atoms with Crippen LogP contribution in [-0.2, 0) is 11.5 Å². The number of nitrogens with zero attached hydrogens (tertiary/aromatic N) is 3. The van der Waals surface area contributed by atoms with E-state index in [9.17, 15) is 4.39 Å². The number of pyridine rings is 1. The number of benzene rings is 2. The molecule has 0 spiro atoms. The third-order valence-corrected chi connectivity index (χ3v) is 7.07. The summed E-state index contributed by atoms with van der Waals surface area (Å²) in [6, 6.07) is 12.5. The highest BCUT2D eigenvalue weighted by atomic mass is 79.9. The Balaban J connectivity index is 1.77. The van der Waals surface area contributed by atoms with E-state index in [-0.39, 0.29) is 12.5 Å². The number of halogens is 3. The van der Waals surface area contributed by atoms with Gasteiger partial charge >= 0.3 is 0 Å². The number of fused-ring (bicyclic) bond motifs is 1. The largest absolute Gasteiger partial charge is 0.360 e. The summed E-state index contributed by atoms with van der Waals surface area (Å²) in [6.45, 7) is 0.921. The average Bonchev–Trinajstić information content (AvgIpc) is 3.15. The van der Waals surface area contributed by atoms with E-state index in [1.807, 2.05) is 28.8 Å². The first-order valence-electron chi connectivity index (χ1n) is 10.0. The van der Waals surface area contributed by atoms with Crippen LogP contribution < -0.4 is 0 Å². The van der Waals surface area contributed by atoms with E-state index in [0.29, 0.717) is 28.6 Å². The zero-order valence-corrected chi connectivity index (χ0v) is 21.3. The molecule has 0 saturated heterocycles. The third-order valence-electron chi connectivity index (χ3n) is 5.01. The Bertz CT molecular complexity index is 1270. The summed E-state index contributed by atoms with van der Waals surface area (Å²) in [5.74, 6) is 0.642. The van der Waals surface area contributed by atoms with Crippen LogP contribution >= 0.6 is 37.6 Å². The van der Waals surface area contributed by atoms with Crippen molar-refractivity contribution >= 4 is 48.5 Å². The topological polar surface area (TPSA) is 39.9 Å². The van der Waals surface area contributed by atoms with E-state index in [4.69, 9.17) is 16.3 Å². The van der Waals surface area contributed by atoms with Gasteiger partial charge in [-0.05, 0) is 71.1 Å². The molecule has 0 aliphatic carbocycles. The molecule has 4 aromatic rings. The molecule has 0 aliphatic heterocycles. The fraction of sp³-hybridized carbons (Fsp3) is 0.250. The highest BCUT2D eigenvalue weighted by Crippen LogP contribution is 2.36. The monoisotopic (exact) mass is 535 g/mol. The van der Waals surface area contributed by atoms with Gasteiger partial charge in [0.1, 0.15) is 12.5 Å². The Morgan fingerprint density at radius 1 is 1.09 bits per heavy atom. The minimum atomic E-state index is -0.652. The molecule has 0 amide bonds. The van der Waals surface area contributed by atoms with E-state index >= 15 is 0 Å². The number of hydrogen-bond acceptors (Lipinski definition) is 3. The van der Waals surface area contributed by atoms with Gasteiger partial charge < -0.3 is 9.30 Å². The van der Waals surface area contributed by atoms with Gasteiger partial charge in [0.05, 0.1) is 29.8 Å². The standard InChI is InChI=1S/C24H24BrClFN3OS/c1-32(2,3)9-8-31-15-30-14-29-23(24(30)20-12-19(26)5-6-21(20)27)16-4-7-22-17(10-16)11-18(25)13-28-22/h4-7,10-14H,8-9,15H2,1-3H3. The third kappa shape index (κ3) is 5.34. The minimum absolute atomic E-state index is 0.282. The van der Waals surface area contributed by atoms with Gasteiger partial charge in [0, 0.05) is 38.0 Å². The van der Waals surface area contributed by atoms with Gasteiger partial charge in [0.2, 0.25) is 0 Å². The van der Waals surface area contributed by atoms with Crippen LogP contribution in [0.1, 0.15) is 0 Å². The van der Waals surface area contributed by atoms with E-state index in [1.165, 1.54) is 6.07 Å². The number of aromatic nitrogens is 3. The zero-order chi connectivity index (χ0) is 22.9. The smallest absolute Gasteiger partial charge is 0.132 e. The van der Waals surface area contributed by atoms with Gasteiger partial charge in [-0.25, -0.2) is 19.4 Å². The maximum Gasteiger partial charge on any atom is 0.132 e. The summed E-state index contributed by atoms with van der Waals surface area (Å²) < 4.78 is 23.6. The second-order valence-electron chi connectivity index (χ2n) is 8.43. The molecule has 2 heterocycles. The van der Waals surface area contributed by atoms with E-state index in [1.54, 1.807) is 24.7 Å². The summed E-state index contributed by atoms with van der Waals surface area (Å²) in [5, 5.41) is 1.43. The van der Waals surface area contributed by atoms with Gasteiger partial charge in [-0.15, -0.1) is 0 Å². The molecular weight excluding hydrogens is 513 g/mol. The highest BCUT2D eigenvalue weighted by Gasteiger charge is 2.19. The molecule has 4 nitrogen and oxygen atoms in total. The fourth-order valence-electron chi connectivity index (χ4n) is 3.38. The molecular formula is C24H24BrClFN3OS. The van der Waals surface area contributed by atoms with Crippen LogP contribution in [0.15, 0.2) is 59.5 Å². The molecule has 0 atom stereocenters. The number of ether oxygens (including phenoxy) is 1. The predicted molar refractivity (Wildman–Crippen MR) is 137 cm³/mol. The van der Waals surface area contributed by atoms with Crippen molar-refractivity contribution < 1.29 is 9.13 Å². The summed E-state index contributed by atoms with van der Waals surface area (Å²) in [5.41, 5.74) is 3.43. The van der Waals surface area contributed by atoms with Crippen LogP contribution in [0.3, 0.4) is 0 Å². The molecule has 168 valence electrons. The summed E-state index contributed by atoms with van der Waals surface area (Å²) >= 11 is 9.69. The van der Waals surface area contributed by atoms with Crippen LogP contribution in [-0.4, -0.2) is 45.7 Å². The molecule has 8 heteroatoms. The maximum absolute atomic E-state index is 14.9. The molecule has 32 heavy (non-hydrogen) atoms. The summed E-state index contributed by atoms with van der Waals surface area (Å²) in [6.07, 6.45) is 10.2. The molecule has 2 aromatic carbocycles. The van der Waals surface area contributed by atoms with Crippen LogP contribution in [0.4, 0.5) is 4.39 Å². The summed E-state index contributed by atoms with van der Waals surface area (Å²) in [4.78, 5) is 9.07. The minimum Gasteiger partial charge on any atom is -0.360 e. The van der Waals surface area contributed by atoms with Crippen LogP contribution in [0.2, 0.25) is 5.02 Å². The van der Waals surface area contributed by atoms with Crippen molar-refractivity contribution in [2.75, 3.05) is 31.1 Å². The van der Waals surface area contributed by atoms with Gasteiger partial charge in [-0.3, -0.25) is 4.98 Å². The Morgan fingerprint density at radius 2 is 1.91 bits per heavy atom. The van der Waals surface area contributed by atoms with Crippen LogP contribution in [0.5, 0.6) is 0 Å². The first kappa shape index (κ1) is 23.2. The van der Waals surface area contributed by atoms with E-state index in [0.717, 1.165) is 26.7 Å². The highest BCUT2D eigenvalue weighted by molar-refractivity contribution is 9.10. The lowest BCUT2D eigenvalue weighted by Crippen LogP contribution is -2.10. The van der Waals surface area contributed by atoms with Crippen molar-refractivity contribution in [1.82, 2.24) is 14.5 Å². The first-order valence-corrected chi connectivity index (χ1v) is 14.2. The quantitative estimate of drug-likeness (QED) is 0.239. The maximum atomic E-state index is 14.9. The van der Waals surface area contributed by atoms with Gasteiger partial charge in [0.15, 0.2) is 0 Å². The SMILES string of the molecule is CS(C)(C)CCOCn1cnc(-c2ccc3ncc(Br)cc3c2)c1-c1cc(Cl)ccc1F. The van der Waals surface area contributed by atoms with Crippen molar-refractivity contribution in [2.45, 2.75) is 6.73 Å². The predicted octanol–water partition coefficient (Wildman–Crippen LogP) is 6.99. The normalized spacial score (nSPS) is 12.4. The second-order valence-corrected chi connectivity index (χ2v) is 14.4. The molecule has 2 aromatic heterocycles. The fourth-order valence-corrected chi connectivity index (χ4v) is 4.52. The lowest BCUT2D eigenvalue weighted by Gasteiger charge is -2.24. The zero-order valence-electron chi connectivity index (χ0n) is 18.1. The molecule has 0 radical (unpaired) electrons. The number of hydrogen-bond donors (Lipinski definition) is 0. The van der Waals surface area contributed by atoms with Crippen molar-refractivity contribution in [1.29, 1.82) is 0 Å². The van der Waals surface area contributed by atoms with Gasteiger partial charge in [-0.2, -0.15) is 0 Å². The Hall–Kier alpha value is -1.93. The lowest BCUT2D eigenvalue weighted by atomic mass is 10.0. The number of imidazole rings is 1.